The summed E-state index contributed by atoms with van der Waals surface area (Å²) in [6, 6.07) is 0. The van der Waals surface area contributed by atoms with E-state index in [-0.39, 0.29) is 20.3 Å². The quantitative estimate of drug-likeness (QED) is 0.251. The molecule has 0 aromatic rings. The summed E-state index contributed by atoms with van der Waals surface area (Å²) in [7, 11) is 0. The van der Waals surface area contributed by atoms with Gasteiger partial charge in [-0.1, -0.05) is 0 Å². The molecule has 0 saturated heterocycles. The fourth-order valence-corrected chi connectivity index (χ4v) is 0. The Morgan fingerprint density at radius 2 is 1.71 bits per heavy atom. The minimum atomic E-state index is -1.50. The van der Waals surface area contributed by atoms with Gasteiger partial charge in [0.15, 0.2) is 0 Å². The summed E-state index contributed by atoms with van der Waals surface area (Å²) in [5, 5.41) is 13.6. The van der Waals surface area contributed by atoms with E-state index in [0.29, 0.717) is 0 Å². The molecule has 0 heterocycles. The molecule has 6 nitrogen and oxygen atoms in total. The summed E-state index contributed by atoms with van der Waals surface area (Å²) < 4.78 is 9.31. The van der Waals surface area contributed by atoms with Crippen molar-refractivity contribution in [3.05, 3.63) is 10.1 Å². The molecule has 0 aliphatic heterocycles. The molecule has 0 radical (unpaired) electrons. The summed E-state index contributed by atoms with van der Waals surface area (Å²) in [4.78, 5) is 8.36. The molecule has 0 aromatic heterocycles. The molecular weight excluding hydrogens is 198 g/mol. The average Bonchev–Trinajstić information content (AvgIpc) is 1.33. The number of hydrogen-bond donors (Lipinski definition) is 3. The van der Waals surface area contributed by atoms with Gasteiger partial charge in [0.25, 0.3) is 5.09 Å². The number of nitrogens with zero attached hydrogens (tertiary/aromatic N) is 1. The van der Waals surface area contributed by atoms with Gasteiger partial charge < -0.3 is 5.21 Å². The van der Waals surface area contributed by atoms with Crippen LogP contribution in [0.15, 0.2) is 0 Å². The van der Waals surface area contributed by atoms with E-state index in [1.165, 1.54) is 0 Å². The van der Waals surface area contributed by atoms with Gasteiger partial charge in [-0.05, 0) is 0 Å². The maximum atomic E-state index is 8.36. The molecule has 0 rings (SSSR count). The summed E-state index contributed by atoms with van der Waals surface area (Å²) in [6.07, 6.45) is 0. The SMILES string of the molecule is O=[N+]([O-])O.[NH2][Ag][NH2]. The first-order valence-corrected chi connectivity index (χ1v) is 2.62. The van der Waals surface area contributed by atoms with Crippen LogP contribution in [0.5, 0.6) is 0 Å². The summed E-state index contributed by atoms with van der Waals surface area (Å²) >= 11 is 0.0700. The molecule has 0 fully saturated rings. The van der Waals surface area contributed by atoms with Gasteiger partial charge in [0.2, 0.25) is 0 Å². The van der Waals surface area contributed by atoms with Gasteiger partial charge in [0, 0.05) is 0 Å². The predicted octanol–water partition coefficient (Wildman–Crippen LogP) is -1.53. The van der Waals surface area contributed by atoms with Crippen molar-refractivity contribution in [2.75, 3.05) is 0 Å². The van der Waals surface area contributed by atoms with Gasteiger partial charge in [-0.3, -0.25) is 0 Å². The zero-order valence-electron chi connectivity index (χ0n) is 3.17. The van der Waals surface area contributed by atoms with Crippen molar-refractivity contribution in [2.45, 2.75) is 0 Å². The van der Waals surface area contributed by atoms with Gasteiger partial charge >= 0.3 is 28.6 Å². The number of rotatable bonds is 0. The second-order valence-corrected chi connectivity index (χ2v) is 0.832. The molecule has 0 amide bonds. The zero-order valence-corrected chi connectivity index (χ0v) is 4.65. The normalized spacial score (nSPS) is 6.57. The van der Waals surface area contributed by atoms with E-state index in [2.05, 4.69) is 8.27 Å². The van der Waals surface area contributed by atoms with Crippen LogP contribution in [0.2, 0.25) is 0 Å². The third kappa shape index (κ3) is 4470. The van der Waals surface area contributed by atoms with Crippen LogP contribution >= 0.6 is 0 Å². The molecule has 0 atom stereocenters. The van der Waals surface area contributed by atoms with Crippen LogP contribution in [0.1, 0.15) is 0 Å². The van der Waals surface area contributed by atoms with Gasteiger partial charge in [-0.2, -0.15) is 0 Å². The first-order chi connectivity index (χ1) is 3.15. The molecule has 0 bridgehead atoms. The molecule has 0 aliphatic rings. The van der Waals surface area contributed by atoms with Crippen LogP contribution in [0.4, 0.5) is 0 Å². The van der Waals surface area contributed by atoms with Crippen molar-refractivity contribution < 1.29 is 30.6 Å². The number of nitrogens with two attached hydrogens (primary N) is 2. The van der Waals surface area contributed by atoms with Crippen molar-refractivity contribution in [2.24, 2.45) is 8.27 Å². The van der Waals surface area contributed by atoms with Crippen LogP contribution in [-0.2, 0) is 20.3 Å². The fraction of sp³-hybridized carbons (Fsp3) is 0. The Balaban J connectivity index is 0. The third-order valence-corrected chi connectivity index (χ3v) is 0. The second kappa shape index (κ2) is 9.29. The summed E-state index contributed by atoms with van der Waals surface area (Å²) in [5.41, 5.74) is 0. The van der Waals surface area contributed by atoms with Crippen molar-refractivity contribution >= 4 is 0 Å². The van der Waals surface area contributed by atoms with E-state index in [0.717, 1.165) is 0 Å². The van der Waals surface area contributed by atoms with Crippen molar-refractivity contribution in [1.82, 2.24) is 0 Å². The van der Waals surface area contributed by atoms with E-state index >= 15 is 0 Å². The molecule has 0 saturated carbocycles. The fourth-order valence-electron chi connectivity index (χ4n) is 0. The molecule has 49 valence electrons. The Bertz CT molecular complexity index is 41.4. The van der Waals surface area contributed by atoms with Crippen LogP contribution in [0.25, 0.3) is 0 Å². The van der Waals surface area contributed by atoms with Crippen molar-refractivity contribution in [3.63, 3.8) is 0 Å². The standard InChI is InChI=1S/Ag.HNO3.2H2N/c;2-1(3)4;;/h;(H,2,3,4);2*1H2/q+2;;2*-1. The maximum absolute atomic E-state index is 8.36. The molecular formula is H5AgN3O3. The molecule has 0 spiro atoms. The average molecular weight is 203 g/mol. The Morgan fingerprint density at radius 1 is 1.71 bits per heavy atom. The van der Waals surface area contributed by atoms with Crippen LogP contribution in [0, 0.1) is 10.1 Å². The Morgan fingerprint density at radius 3 is 1.71 bits per heavy atom. The van der Waals surface area contributed by atoms with Crippen LogP contribution < -0.4 is 8.27 Å². The van der Waals surface area contributed by atoms with E-state index in [1.807, 2.05) is 0 Å². The van der Waals surface area contributed by atoms with E-state index in [9.17, 15) is 0 Å². The summed E-state index contributed by atoms with van der Waals surface area (Å²) in [5.74, 6) is 0. The van der Waals surface area contributed by atoms with Crippen molar-refractivity contribution in [1.29, 1.82) is 0 Å². The molecule has 0 aromatic carbocycles. The van der Waals surface area contributed by atoms with Gasteiger partial charge in [-0.15, -0.1) is 10.1 Å². The Labute approximate surface area is 49.6 Å². The minimum absolute atomic E-state index is 0.0700. The number of hydrogen-bond acceptors (Lipinski definition) is 4. The molecule has 0 aliphatic carbocycles. The topological polar surface area (TPSA) is 115 Å². The van der Waals surface area contributed by atoms with Gasteiger partial charge in [0.05, 0.1) is 0 Å². The van der Waals surface area contributed by atoms with E-state index in [1.54, 1.807) is 0 Å². The molecule has 7 heteroatoms. The van der Waals surface area contributed by atoms with E-state index < -0.39 is 5.09 Å². The van der Waals surface area contributed by atoms with Gasteiger partial charge in [-0.25, -0.2) is 0 Å². The monoisotopic (exact) mass is 202 g/mol. The van der Waals surface area contributed by atoms with E-state index in [4.69, 9.17) is 15.3 Å². The first kappa shape index (κ1) is 9.97. The van der Waals surface area contributed by atoms with Gasteiger partial charge in [0.1, 0.15) is 0 Å². The summed E-state index contributed by atoms with van der Waals surface area (Å²) in [6.45, 7) is 0. The first-order valence-electron chi connectivity index (χ1n) is 0.913. The third-order valence-electron chi connectivity index (χ3n) is 0. The second-order valence-electron chi connectivity index (χ2n) is 0.338. The van der Waals surface area contributed by atoms with Crippen LogP contribution in [0.3, 0.4) is 0 Å². The predicted molar refractivity (Wildman–Crippen MR) is 17.2 cm³/mol. The molecule has 7 heavy (non-hydrogen) atoms. The molecule has 5 N–H and O–H groups in total. The zero-order chi connectivity index (χ0) is 6.28. The Hall–Kier alpha value is -0.140. The van der Waals surface area contributed by atoms with Crippen molar-refractivity contribution in [3.8, 4) is 0 Å². The Kier molecular flexibility index (Phi) is 13.2. The van der Waals surface area contributed by atoms with Crippen LogP contribution in [-0.4, -0.2) is 10.3 Å². The molecule has 0 unspecified atom stereocenters.